The summed E-state index contributed by atoms with van der Waals surface area (Å²) in [5.41, 5.74) is -0.775. The molecule has 154 valence electrons. The minimum Gasteiger partial charge on any atom is -0.506 e. The first-order valence-electron chi connectivity index (χ1n) is 9.87. The van der Waals surface area contributed by atoms with Gasteiger partial charge in [-0.1, -0.05) is 18.2 Å². The van der Waals surface area contributed by atoms with Gasteiger partial charge in [0.2, 0.25) is 0 Å². The summed E-state index contributed by atoms with van der Waals surface area (Å²) in [6.07, 6.45) is 0. The van der Waals surface area contributed by atoms with Crippen LogP contribution in [0.25, 0.3) is 54.5 Å². The maximum absolute atomic E-state index is 13.2. The molecule has 6 rings (SSSR count). The first-order valence-corrected chi connectivity index (χ1v) is 9.87. The average molecular weight is 422 g/mol. The molecular formula is C25H14N2O5. The SMILES string of the molecule is Cn1c(=O)c2cc3cc4c(O)c(-c5nc6ccccc6cc5O)c(=O)c4cc3cc2c1=O. The van der Waals surface area contributed by atoms with Crippen molar-refractivity contribution >= 4 is 43.2 Å². The number of pyridine rings is 1. The molecule has 0 amide bonds. The molecule has 7 heteroatoms. The monoisotopic (exact) mass is 422 g/mol. The van der Waals surface area contributed by atoms with Crippen molar-refractivity contribution < 1.29 is 10.2 Å². The summed E-state index contributed by atoms with van der Waals surface area (Å²) in [5, 5.41) is 24.5. The van der Waals surface area contributed by atoms with E-state index in [1.54, 1.807) is 42.5 Å². The highest BCUT2D eigenvalue weighted by molar-refractivity contribution is 6.09. The number of hydrogen-bond acceptors (Lipinski definition) is 6. The molecule has 0 saturated heterocycles. The Morgan fingerprint density at radius 3 is 2.03 bits per heavy atom. The quantitative estimate of drug-likeness (QED) is 0.422. The Hall–Kier alpha value is -4.52. The van der Waals surface area contributed by atoms with Gasteiger partial charge in [0.05, 0.1) is 21.9 Å². The van der Waals surface area contributed by atoms with Crippen molar-refractivity contribution in [2.24, 2.45) is 7.05 Å². The number of benzene rings is 3. The molecule has 32 heavy (non-hydrogen) atoms. The molecule has 2 heterocycles. The third kappa shape index (κ3) is 2.24. The molecule has 7 nitrogen and oxygen atoms in total. The van der Waals surface area contributed by atoms with Gasteiger partial charge in [-0.15, -0.1) is 0 Å². The van der Waals surface area contributed by atoms with Gasteiger partial charge in [0.1, 0.15) is 17.2 Å². The van der Waals surface area contributed by atoms with Gasteiger partial charge in [0.25, 0.3) is 11.1 Å². The number of nitrogens with zero attached hydrogens (tertiary/aromatic N) is 2. The molecule has 0 fully saturated rings. The van der Waals surface area contributed by atoms with Crippen LogP contribution in [-0.4, -0.2) is 19.8 Å². The van der Waals surface area contributed by atoms with Crippen LogP contribution in [0.15, 0.2) is 69.0 Å². The number of fused-ring (bicyclic) bond motifs is 4. The molecule has 0 saturated carbocycles. The number of hydrogen-bond donors (Lipinski definition) is 2. The number of aromatic nitrogens is 2. The van der Waals surface area contributed by atoms with E-state index in [4.69, 9.17) is 0 Å². The third-order valence-corrected chi connectivity index (χ3v) is 6.09. The van der Waals surface area contributed by atoms with E-state index in [0.29, 0.717) is 21.7 Å². The van der Waals surface area contributed by atoms with Crippen LogP contribution in [0.1, 0.15) is 0 Å². The van der Waals surface area contributed by atoms with E-state index in [9.17, 15) is 24.6 Å². The van der Waals surface area contributed by atoms with Gasteiger partial charge in [-0.25, -0.2) is 4.98 Å². The van der Waals surface area contributed by atoms with E-state index in [1.807, 2.05) is 6.07 Å². The molecule has 0 aliphatic carbocycles. The van der Waals surface area contributed by atoms with Gasteiger partial charge in [0, 0.05) is 23.2 Å². The van der Waals surface area contributed by atoms with Crippen LogP contribution in [0, 0.1) is 0 Å². The second kappa shape index (κ2) is 6.01. The summed E-state index contributed by atoms with van der Waals surface area (Å²) in [7, 11) is 1.42. The van der Waals surface area contributed by atoms with Crippen LogP contribution in [0.4, 0.5) is 0 Å². The first-order chi connectivity index (χ1) is 15.3. The summed E-state index contributed by atoms with van der Waals surface area (Å²) < 4.78 is 1.05. The highest BCUT2D eigenvalue weighted by Crippen LogP contribution is 2.40. The van der Waals surface area contributed by atoms with E-state index in [-0.39, 0.29) is 44.3 Å². The topological polar surface area (TPSA) is 109 Å². The van der Waals surface area contributed by atoms with Crippen molar-refractivity contribution in [3.05, 3.63) is 85.5 Å². The van der Waals surface area contributed by atoms with E-state index < -0.39 is 16.5 Å². The van der Waals surface area contributed by atoms with Crippen LogP contribution >= 0.6 is 0 Å². The zero-order valence-electron chi connectivity index (χ0n) is 16.7. The minimum atomic E-state index is -0.475. The van der Waals surface area contributed by atoms with Crippen molar-refractivity contribution in [3.8, 4) is 22.8 Å². The highest BCUT2D eigenvalue weighted by atomic mass is 16.3. The van der Waals surface area contributed by atoms with Crippen LogP contribution in [0.3, 0.4) is 0 Å². The molecule has 4 aromatic carbocycles. The summed E-state index contributed by atoms with van der Waals surface area (Å²) in [6.45, 7) is 0. The predicted molar refractivity (Wildman–Crippen MR) is 123 cm³/mol. The first kappa shape index (κ1) is 18.3. The number of aromatic hydroxyl groups is 2. The Kier molecular flexibility index (Phi) is 3.43. The Morgan fingerprint density at radius 1 is 0.750 bits per heavy atom. The molecule has 6 aromatic rings. The lowest BCUT2D eigenvalue weighted by Gasteiger charge is -2.05. The second-order valence-corrected chi connectivity index (χ2v) is 7.91. The lowest BCUT2D eigenvalue weighted by atomic mass is 10.0. The third-order valence-electron chi connectivity index (χ3n) is 6.09. The molecule has 0 aliphatic heterocycles. The van der Waals surface area contributed by atoms with E-state index in [2.05, 4.69) is 4.98 Å². The zero-order valence-corrected chi connectivity index (χ0v) is 16.7. The van der Waals surface area contributed by atoms with Gasteiger partial charge < -0.3 is 10.2 Å². The van der Waals surface area contributed by atoms with Crippen molar-refractivity contribution in [2.75, 3.05) is 0 Å². The van der Waals surface area contributed by atoms with Crippen molar-refractivity contribution in [1.82, 2.24) is 9.55 Å². The highest BCUT2D eigenvalue weighted by Gasteiger charge is 2.23. The van der Waals surface area contributed by atoms with E-state index >= 15 is 0 Å². The molecule has 0 spiro atoms. The van der Waals surface area contributed by atoms with Gasteiger partial charge in [-0.3, -0.25) is 19.0 Å². The zero-order chi connectivity index (χ0) is 22.3. The fourth-order valence-corrected chi connectivity index (χ4v) is 4.43. The summed E-state index contributed by atoms with van der Waals surface area (Å²) in [4.78, 5) is 42.3. The van der Waals surface area contributed by atoms with Crippen LogP contribution in [0.5, 0.6) is 11.5 Å². The minimum absolute atomic E-state index is 0.000862. The molecular weight excluding hydrogens is 408 g/mol. The molecule has 0 radical (unpaired) electrons. The summed E-state index contributed by atoms with van der Waals surface area (Å²) >= 11 is 0. The molecule has 2 N–H and O–H groups in total. The Labute approximate surface area is 178 Å². The number of rotatable bonds is 1. The Morgan fingerprint density at radius 2 is 1.34 bits per heavy atom. The second-order valence-electron chi connectivity index (χ2n) is 7.91. The van der Waals surface area contributed by atoms with Gasteiger partial charge in [-0.2, -0.15) is 0 Å². The summed E-state index contributed by atoms with van der Waals surface area (Å²) in [5.74, 6) is -0.501. The van der Waals surface area contributed by atoms with Gasteiger partial charge >= 0.3 is 0 Å². The Bertz CT molecular complexity index is 1920. The molecule has 2 aromatic heterocycles. The number of para-hydroxylation sites is 1. The van der Waals surface area contributed by atoms with Gasteiger partial charge in [-0.05, 0) is 47.2 Å². The molecule has 0 atom stereocenters. The van der Waals surface area contributed by atoms with Crippen molar-refractivity contribution in [2.45, 2.75) is 0 Å². The normalized spacial score (nSPS) is 11.9. The maximum atomic E-state index is 13.2. The lowest BCUT2D eigenvalue weighted by molar-refractivity contribution is 0.471. The molecule has 0 unspecified atom stereocenters. The molecule has 0 bridgehead atoms. The van der Waals surface area contributed by atoms with Crippen molar-refractivity contribution in [1.29, 1.82) is 0 Å². The van der Waals surface area contributed by atoms with Crippen LogP contribution < -0.4 is 16.5 Å². The lowest BCUT2D eigenvalue weighted by Crippen LogP contribution is -2.20. The maximum Gasteiger partial charge on any atom is 0.261 e. The fraction of sp³-hybridized carbons (Fsp3) is 0.0400. The van der Waals surface area contributed by atoms with Crippen molar-refractivity contribution in [3.63, 3.8) is 0 Å². The predicted octanol–water partition coefficient (Wildman–Crippen LogP) is 3.07. The van der Waals surface area contributed by atoms with Crippen LogP contribution in [-0.2, 0) is 7.05 Å². The van der Waals surface area contributed by atoms with E-state index in [1.165, 1.54) is 13.1 Å². The van der Waals surface area contributed by atoms with Gasteiger partial charge in [0.15, 0.2) is 5.43 Å². The smallest absolute Gasteiger partial charge is 0.261 e. The average Bonchev–Trinajstić information content (AvgIpc) is 3.15. The largest absolute Gasteiger partial charge is 0.506 e. The molecule has 0 aliphatic rings. The Balaban J connectivity index is 1.70. The van der Waals surface area contributed by atoms with Crippen LogP contribution in [0.2, 0.25) is 0 Å². The fourth-order valence-electron chi connectivity index (χ4n) is 4.43. The standard InChI is InChI=1S/C25H14N2O5/c1-27-24(31)16-8-12-6-14-15(7-13(12)9-17(16)25(27)32)23(30)20(22(14)29)21-19(28)10-11-4-2-3-5-18(11)26-21/h2-10,28-29H,1H3. The summed E-state index contributed by atoms with van der Waals surface area (Å²) in [6, 6.07) is 15.0. The van der Waals surface area contributed by atoms with E-state index in [0.717, 1.165) is 4.57 Å².